The van der Waals surface area contributed by atoms with E-state index >= 15 is 0 Å². The minimum atomic E-state index is -0.357. The van der Waals surface area contributed by atoms with Crippen LogP contribution in [0.4, 0.5) is 0 Å². The SMILES string of the molecule is Cc1cc2oc(=O)cc(CSc3nnc(-c4cccnc4)n3Cc3ccco3)c2cc1C. The molecule has 7 nitrogen and oxygen atoms in total. The second-order valence-corrected chi connectivity index (χ2v) is 8.47. The molecule has 1 aromatic carbocycles. The van der Waals surface area contributed by atoms with E-state index in [0.29, 0.717) is 23.7 Å². The minimum absolute atomic E-state index is 0.357. The van der Waals surface area contributed by atoms with E-state index in [1.165, 1.54) is 11.8 Å². The molecule has 0 atom stereocenters. The van der Waals surface area contributed by atoms with Crippen molar-refractivity contribution < 1.29 is 8.83 Å². The third-order valence-corrected chi connectivity index (χ3v) is 6.35. The van der Waals surface area contributed by atoms with E-state index in [-0.39, 0.29) is 5.63 Å². The molecule has 0 amide bonds. The van der Waals surface area contributed by atoms with Crippen LogP contribution in [0, 0.1) is 13.8 Å². The second kappa shape index (κ2) is 8.47. The maximum Gasteiger partial charge on any atom is 0.336 e. The Morgan fingerprint density at radius 2 is 1.94 bits per heavy atom. The normalized spacial score (nSPS) is 11.3. The van der Waals surface area contributed by atoms with Gasteiger partial charge in [0.2, 0.25) is 0 Å². The summed E-state index contributed by atoms with van der Waals surface area (Å²) in [6, 6.07) is 13.1. The van der Waals surface area contributed by atoms with E-state index in [4.69, 9.17) is 8.83 Å². The maximum absolute atomic E-state index is 12.2. The number of hydrogen-bond donors (Lipinski definition) is 0. The Bertz CT molecular complexity index is 1440. The number of benzene rings is 1. The van der Waals surface area contributed by atoms with Crippen LogP contribution in [0.25, 0.3) is 22.4 Å². The summed E-state index contributed by atoms with van der Waals surface area (Å²) < 4.78 is 13.0. The lowest BCUT2D eigenvalue weighted by Crippen LogP contribution is -2.04. The number of furan rings is 1. The summed E-state index contributed by atoms with van der Waals surface area (Å²) in [4.78, 5) is 16.4. The fraction of sp³-hybridized carbons (Fsp3) is 0.167. The summed E-state index contributed by atoms with van der Waals surface area (Å²) in [5, 5.41) is 10.5. The van der Waals surface area contributed by atoms with Crippen molar-refractivity contribution in [3.8, 4) is 11.4 Å². The molecule has 5 aromatic rings. The van der Waals surface area contributed by atoms with Gasteiger partial charge in [0.15, 0.2) is 11.0 Å². The lowest BCUT2D eigenvalue weighted by atomic mass is 10.0. The van der Waals surface area contributed by atoms with Crippen LogP contribution in [0.15, 0.2) is 79.9 Å². The highest BCUT2D eigenvalue weighted by molar-refractivity contribution is 7.98. The van der Waals surface area contributed by atoms with Crippen molar-refractivity contribution >= 4 is 22.7 Å². The second-order valence-electron chi connectivity index (χ2n) is 7.53. The van der Waals surface area contributed by atoms with Crippen LogP contribution in [-0.4, -0.2) is 19.7 Å². The van der Waals surface area contributed by atoms with E-state index in [2.05, 4.69) is 28.2 Å². The van der Waals surface area contributed by atoms with Crippen LogP contribution in [-0.2, 0) is 12.3 Å². The number of fused-ring (bicyclic) bond motifs is 1. The molecule has 0 bridgehead atoms. The smallest absolute Gasteiger partial charge is 0.336 e. The fourth-order valence-electron chi connectivity index (χ4n) is 3.55. The van der Waals surface area contributed by atoms with Gasteiger partial charge in [0.25, 0.3) is 0 Å². The Morgan fingerprint density at radius 3 is 2.72 bits per heavy atom. The molecule has 0 spiro atoms. The van der Waals surface area contributed by atoms with Crippen molar-refractivity contribution in [1.29, 1.82) is 0 Å². The zero-order valence-corrected chi connectivity index (χ0v) is 18.4. The van der Waals surface area contributed by atoms with Crippen LogP contribution >= 0.6 is 11.8 Å². The van der Waals surface area contributed by atoms with Gasteiger partial charge in [0, 0.05) is 35.2 Å². The van der Waals surface area contributed by atoms with Gasteiger partial charge in [-0.15, -0.1) is 10.2 Å². The molecule has 0 aliphatic heterocycles. The predicted octanol–water partition coefficient (Wildman–Crippen LogP) is 5.00. The average molecular weight is 445 g/mol. The van der Waals surface area contributed by atoms with Gasteiger partial charge >= 0.3 is 5.63 Å². The standard InChI is InChI=1S/C24H20N4O3S/c1-15-9-20-18(11-22(29)31-21(20)10-16(15)2)14-32-24-27-26-23(17-5-3-7-25-12-17)28(24)13-19-6-4-8-30-19/h3-12H,13-14H2,1-2H3. The molecule has 5 rings (SSSR count). The minimum Gasteiger partial charge on any atom is -0.467 e. The van der Waals surface area contributed by atoms with Crippen molar-refractivity contribution in [3.63, 3.8) is 0 Å². The van der Waals surface area contributed by atoms with Gasteiger partial charge in [-0.1, -0.05) is 11.8 Å². The molecule has 0 saturated heterocycles. The highest BCUT2D eigenvalue weighted by Gasteiger charge is 2.17. The highest BCUT2D eigenvalue weighted by atomic mass is 32.2. The molecule has 32 heavy (non-hydrogen) atoms. The van der Waals surface area contributed by atoms with Crippen molar-refractivity contribution in [3.05, 3.63) is 94.0 Å². The Balaban J connectivity index is 1.52. The van der Waals surface area contributed by atoms with E-state index in [1.807, 2.05) is 41.8 Å². The number of aromatic nitrogens is 4. The molecular weight excluding hydrogens is 424 g/mol. The number of pyridine rings is 1. The van der Waals surface area contributed by atoms with Crippen LogP contribution in [0.5, 0.6) is 0 Å². The fourth-order valence-corrected chi connectivity index (χ4v) is 4.48. The summed E-state index contributed by atoms with van der Waals surface area (Å²) in [5.74, 6) is 2.06. The molecule has 0 unspecified atom stereocenters. The van der Waals surface area contributed by atoms with Crippen LogP contribution in [0.2, 0.25) is 0 Å². The summed E-state index contributed by atoms with van der Waals surface area (Å²) in [6.07, 6.45) is 5.14. The number of hydrogen-bond acceptors (Lipinski definition) is 7. The van der Waals surface area contributed by atoms with Gasteiger partial charge in [-0.05, 0) is 66.9 Å². The summed E-state index contributed by atoms with van der Waals surface area (Å²) in [6.45, 7) is 4.55. The van der Waals surface area contributed by atoms with E-state index in [1.54, 1.807) is 24.7 Å². The van der Waals surface area contributed by atoms with Crippen LogP contribution in [0.3, 0.4) is 0 Å². The van der Waals surface area contributed by atoms with Crippen molar-refractivity contribution in [2.24, 2.45) is 0 Å². The molecule has 0 aliphatic rings. The number of nitrogens with zero attached hydrogens (tertiary/aromatic N) is 4. The first kappa shape index (κ1) is 20.3. The first-order valence-corrected chi connectivity index (χ1v) is 11.1. The molecule has 0 fully saturated rings. The van der Waals surface area contributed by atoms with Crippen molar-refractivity contribution in [2.75, 3.05) is 0 Å². The van der Waals surface area contributed by atoms with Crippen LogP contribution < -0.4 is 5.63 Å². The predicted molar refractivity (Wildman–Crippen MR) is 123 cm³/mol. The average Bonchev–Trinajstić information content (AvgIpc) is 3.44. The van der Waals surface area contributed by atoms with E-state index < -0.39 is 0 Å². The zero-order chi connectivity index (χ0) is 22.1. The van der Waals surface area contributed by atoms with Gasteiger partial charge in [0.1, 0.15) is 11.3 Å². The molecule has 4 aromatic heterocycles. The monoisotopic (exact) mass is 444 g/mol. The van der Waals surface area contributed by atoms with E-state index in [0.717, 1.165) is 38.6 Å². The first-order valence-electron chi connectivity index (χ1n) is 10.1. The van der Waals surface area contributed by atoms with Gasteiger partial charge in [-0.3, -0.25) is 9.55 Å². The summed E-state index contributed by atoms with van der Waals surface area (Å²) in [5.41, 5.74) is 4.26. The number of aryl methyl sites for hydroxylation is 2. The third kappa shape index (κ3) is 3.97. The first-order chi connectivity index (χ1) is 15.6. The quantitative estimate of drug-likeness (QED) is 0.269. The number of thioether (sulfide) groups is 1. The lowest BCUT2D eigenvalue weighted by molar-refractivity contribution is 0.485. The molecule has 0 aliphatic carbocycles. The lowest BCUT2D eigenvalue weighted by Gasteiger charge is -2.10. The molecule has 0 radical (unpaired) electrons. The Morgan fingerprint density at radius 1 is 1.06 bits per heavy atom. The third-order valence-electron chi connectivity index (χ3n) is 5.33. The van der Waals surface area contributed by atoms with Gasteiger partial charge < -0.3 is 8.83 Å². The molecule has 8 heteroatoms. The number of rotatable bonds is 6. The van der Waals surface area contributed by atoms with Crippen molar-refractivity contribution in [1.82, 2.24) is 19.7 Å². The van der Waals surface area contributed by atoms with E-state index in [9.17, 15) is 4.79 Å². The Labute approximate surface area is 188 Å². The molecule has 4 heterocycles. The summed E-state index contributed by atoms with van der Waals surface area (Å²) >= 11 is 1.52. The van der Waals surface area contributed by atoms with Crippen LogP contribution in [0.1, 0.15) is 22.5 Å². The summed E-state index contributed by atoms with van der Waals surface area (Å²) in [7, 11) is 0. The van der Waals surface area contributed by atoms with Gasteiger partial charge in [0.05, 0.1) is 12.8 Å². The highest BCUT2D eigenvalue weighted by Crippen LogP contribution is 2.30. The molecule has 160 valence electrons. The van der Waals surface area contributed by atoms with Crippen molar-refractivity contribution in [2.45, 2.75) is 31.3 Å². The molecule has 0 saturated carbocycles. The molecular formula is C24H20N4O3S. The largest absolute Gasteiger partial charge is 0.467 e. The Hall–Kier alpha value is -3.65. The zero-order valence-electron chi connectivity index (χ0n) is 17.6. The topological polar surface area (TPSA) is 87.0 Å². The van der Waals surface area contributed by atoms with Gasteiger partial charge in [-0.2, -0.15) is 0 Å². The molecule has 0 N–H and O–H groups in total. The maximum atomic E-state index is 12.2. The Kier molecular flexibility index (Phi) is 5.36. The van der Waals surface area contributed by atoms with Gasteiger partial charge in [-0.25, -0.2) is 4.79 Å².